The molecule has 2 N–H and O–H groups in total. The first-order valence-corrected chi connectivity index (χ1v) is 12.1. The smallest absolute Gasteiger partial charge is 0.270 e. The molecule has 2 aromatic rings. The molecule has 10 nitrogen and oxygen atoms in total. The predicted molar refractivity (Wildman–Crippen MR) is 109 cm³/mol. The first kappa shape index (κ1) is 22.3. The van der Waals surface area contributed by atoms with Crippen molar-refractivity contribution in [2.24, 2.45) is 7.05 Å². The second kappa shape index (κ2) is 8.02. The fourth-order valence-electron chi connectivity index (χ4n) is 3.27. The molecule has 12 heteroatoms. The summed E-state index contributed by atoms with van der Waals surface area (Å²) in [6.07, 6.45) is 1.35. The molecule has 0 spiro atoms. The number of aromatic nitrogens is 1. The zero-order valence-corrected chi connectivity index (χ0v) is 18.5. The number of nitrogens with zero attached hydrogens (tertiary/aromatic N) is 3. The summed E-state index contributed by atoms with van der Waals surface area (Å²) in [5.74, 6) is -0.702. The zero-order chi connectivity index (χ0) is 22.3. The molecule has 164 valence electrons. The number of aryl methyl sites for hydroxylation is 2. The van der Waals surface area contributed by atoms with E-state index in [2.05, 4.69) is 4.72 Å². The van der Waals surface area contributed by atoms with Crippen molar-refractivity contribution in [3.05, 3.63) is 41.7 Å². The summed E-state index contributed by atoms with van der Waals surface area (Å²) < 4.78 is 54.6. The molecule has 1 aromatic heterocycles. The van der Waals surface area contributed by atoms with Gasteiger partial charge < -0.3 is 14.6 Å². The fraction of sp³-hybridized carbons (Fsp3) is 0.389. The molecular weight excluding hydrogens is 432 g/mol. The Morgan fingerprint density at radius 3 is 2.30 bits per heavy atom. The van der Waals surface area contributed by atoms with Crippen LogP contribution in [0.2, 0.25) is 0 Å². The van der Waals surface area contributed by atoms with Crippen molar-refractivity contribution < 1.29 is 26.7 Å². The van der Waals surface area contributed by atoms with Gasteiger partial charge in [0, 0.05) is 39.4 Å². The van der Waals surface area contributed by atoms with E-state index < -0.39 is 20.0 Å². The van der Waals surface area contributed by atoms with E-state index in [1.807, 2.05) is 0 Å². The summed E-state index contributed by atoms with van der Waals surface area (Å²) in [6.45, 7) is 2.15. The normalized spacial score (nSPS) is 16.0. The third kappa shape index (κ3) is 4.08. The van der Waals surface area contributed by atoms with Gasteiger partial charge in [0.2, 0.25) is 20.0 Å². The second-order valence-corrected chi connectivity index (χ2v) is 10.8. The number of sulfonamides is 2. The van der Waals surface area contributed by atoms with Gasteiger partial charge in [0.25, 0.3) is 5.91 Å². The van der Waals surface area contributed by atoms with Crippen molar-refractivity contribution in [1.29, 1.82) is 0 Å². The van der Waals surface area contributed by atoms with Gasteiger partial charge in [0.15, 0.2) is 0 Å². The number of nitrogens with one attached hydrogen (secondary N) is 1. The zero-order valence-electron chi connectivity index (χ0n) is 16.9. The van der Waals surface area contributed by atoms with E-state index in [0.29, 0.717) is 5.56 Å². The maximum Gasteiger partial charge on any atom is 0.270 e. The van der Waals surface area contributed by atoms with Crippen LogP contribution in [-0.2, 0) is 27.1 Å². The highest BCUT2D eigenvalue weighted by molar-refractivity contribution is 7.89. The topological polar surface area (TPSA) is 129 Å². The lowest BCUT2D eigenvalue weighted by Gasteiger charge is -2.34. The van der Waals surface area contributed by atoms with Gasteiger partial charge in [-0.25, -0.2) is 21.6 Å². The van der Waals surface area contributed by atoms with Crippen LogP contribution in [0.15, 0.2) is 40.3 Å². The van der Waals surface area contributed by atoms with Crippen LogP contribution in [0.4, 0.5) is 0 Å². The lowest BCUT2D eigenvalue weighted by atomic mass is 10.2. The van der Waals surface area contributed by atoms with Gasteiger partial charge in [0.1, 0.15) is 21.2 Å². The number of piperazine rings is 1. The highest BCUT2D eigenvalue weighted by atomic mass is 32.2. The van der Waals surface area contributed by atoms with Crippen LogP contribution < -0.4 is 4.72 Å². The molecular formula is C18H24N4O6S2. The van der Waals surface area contributed by atoms with Crippen molar-refractivity contribution in [3.63, 3.8) is 0 Å². The summed E-state index contributed by atoms with van der Waals surface area (Å²) in [7, 11) is -4.73. The molecule has 0 atom stereocenters. The fourth-order valence-corrected chi connectivity index (χ4v) is 5.66. The minimum Gasteiger partial charge on any atom is -0.507 e. The van der Waals surface area contributed by atoms with Crippen molar-refractivity contribution in [3.8, 4) is 5.75 Å². The van der Waals surface area contributed by atoms with Gasteiger partial charge in [-0.05, 0) is 37.7 Å². The average molecular weight is 457 g/mol. The Bertz CT molecular complexity index is 1180. The molecule has 1 saturated heterocycles. The van der Waals surface area contributed by atoms with E-state index in [-0.39, 0.29) is 53.3 Å². The number of carbonyl (C=O) groups excluding carboxylic acids is 1. The van der Waals surface area contributed by atoms with Crippen molar-refractivity contribution >= 4 is 26.0 Å². The number of aromatic hydroxyl groups is 1. The number of hydrogen-bond acceptors (Lipinski definition) is 6. The van der Waals surface area contributed by atoms with E-state index in [4.69, 9.17) is 0 Å². The Labute approximate surface area is 175 Å². The second-order valence-electron chi connectivity index (χ2n) is 7.05. The van der Waals surface area contributed by atoms with Gasteiger partial charge >= 0.3 is 0 Å². The summed E-state index contributed by atoms with van der Waals surface area (Å²) in [5, 5.41) is 9.98. The Morgan fingerprint density at radius 2 is 1.70 bits per heavy atom. The summed E-state index contributed by atoms with van der Waals surface area (Å²) in [5.41, 5.74) is 0.896. The van der Waals surface area contributed by atoms with E-state index in [0.717, 1.165) is 0 Å². The van der Waals surface area contributed by atoms with Crippen molar-refractivity contribution in [2.45, 2.75) is 16.7 Å². The van der Waals surface area contributed by atoms with E-state index in [1.54, 1.807) is 20.0 Å². The number of benzene rings is 1. The molecule has 1 amide bonds. The number of carbonyl (C=O) groups is 1. The number of amides is 1. The molecule has 30 heavy (non-hydrogen) atoms. The Balaban J connectivity index is 1.76. The predicted octanol–water partition coefficient (Wildman–Crippen LogP) is 0.0939. The number of rotatable bonds is 5. The standard InChI is InChI=1S/C18H24N4O6S2/c1-13-4-5-16(23)17(10-13)30(27,28)22-8-6-21(7-9-22)18(24)15-11-14(12-20(15)3)29(25,26)19-2/h4-5,10-12,19,23H,6-9H2,1-3H3. The van der Waals surface area contributed by atoms with Crippen LogP contribution in [-0.4, -0.2) is 74.8 Å². The third-order valence-corrected chi connectivity index (χ3v) is 8.35. The molecule has 3 rings (SSSR count). The molecule has 1 fully saturated rings. The lowest BCUT2D eigenvalue weighted by Crippen LogP contribution is -2.50. The molecule has 1 aromatic carbocycles. The van der Waals surface area contributed by atoms with Gasteiger partial charge in [-0.3, -0.25) is 4.79 Å². The number of phenols is 1. The highest BCUT2D eigenvalue weighted by Crippen LogP contribution is 2.27. The number of hydrogen-bond donors (Lipinski definition) is 2. The molecule has 1 aliphatic rings. The van der Waals surface area contributed by atoms with Crippen molar-refractivity contribution in [2.75, 3.05) is 33.2 Å². The summed E-state index contributed by atoms with van der Waals surface area (Å²) in [6, 6.07) is 5.67. The molecule has 0 aliphatic carbocycles. The Hall–Kier alpha value is -2.41. The SMILES string of the molecule is CNS(=O)(=O)c1cc(C(=O)N2CCN(S(=O)(=O)c3cc(C)ccc3O)CC2)n(C)c1. The van der Waals surface area contributed by atoms with E-state index in [9.17, 15) is 26.7 Å². The minimum absolute atomic E-state index is 0.0213. The van der Waals surface area contributed by atoms with Crippen LogP contribution in [0, 0.1) is 6.92 Å². The molecule has 2 heterocycles. The van der Waals surface area contributed by atoms with Gasteiger partial charge in [-0.1, -0.05) is 6.07 Å². The average Bonchev–Trinajstić information content (AvgIpc) is 3.11. The first-order chi connectivity index (χ1) is 14.0. The van der Waals surface area contributed by atoms with Crippen LogP contribution in [0.3, 0.4) is 0 Å². The Kier molecular flexibility index (Phi) is 5.96. The van der Waals surface area contributed by atoms with Crippen LogP contribution in [0.1, 0.15) is 16.1 Å². The van der Waals surface area contributed by atoms with E-state index >= 15 is 0 Å². The van der Waals surface area contributed by atoms with Gasteiger partial charge in [-0.15, -0.1) is 0 Å². The highest BCUT2D eigenvalue weighted by Gasteiger charge is 2.33. The monoisotopic (exact) mass is 456 g/mol. The van der Waals surface area contributed by atoms with Crippen LogP contribution in [0.25, 0.3) is 0 Å². The molecule has 0 unspecified atom stereocenters. The quantitative estimate of drug-likeness (QED) is 0.656. The van der Waals surface area contributed by atoms with Gasteiger partial charge in [-0.2, -0.15) is 4.31 Å². The van der Waals surface area contributed by atoms with Crippen LogP contribution >= 0.6 is 0 Å². The summed E-state index contributed by atoms with van der Waals surface area (Å²) in [4.78, 5) is 14.2. The largest absolute Gasteiger partial charge is 0.507 e. The molecule has 0 saturated carbocycles. The summed E-state index contributed by atoms with van der Waals surface area (Å²) >= 11 is 0. The van der Waals surface area contributed by atoms with Gasteiger partial charge in [0.05, 0.1) is 0 Å². The Morgan fingerprint density at radius 1 is 1.07 bits per heavy atom. The first-order valence-electron chi connectivity index (χ1n) is 9.16. The molecule has 1 aliphatic heterocycles. The van der Waals surface area contributed by atoms with Crippen molar-refractivity contribution in [1.82, 2.24) is 18.5 Å². The van der Waals surface area contributed by atoms with Crippen LogP contribution in [0.5, 0.6) is 5.75 Å². The molecule has 0 radical (unpaired) electrons. The maximum atomic E-state index is 12.9. The van der Waals surface area contributed by atoms with E-state index in [1.165, 1.54) is 45.2 Å². The minimum atomic E-state index is -3.90. The number of phenolic OH excluding ortho intramolecular Hbond substituents is 1. The maximum absolute atomic E-state index is 12.9. The lowest BCUT2D eigenvalue weighted by molar-refractivity contribution is 0.0688. The third-order valence-electron chi connectivity index (χ3n) is 5.04. The molecule has 0 bridgehead atoms.